The number of carbonyl (C=O) groups excluding carboxylic acids is 1. The summed E-state index contributed by atoms with van der Waals surface area (Å²) in [5.74, 6) is 0.939. The van der Waals surface area contributed by atoms with Crippen molar-refractivity contribution in [1.29, 1.82) is 0 Å². The molecule has 0 spiro atoms. The van der Waals surface area contributed by atoms with Crippen LogP contribution < -0.4 is 10.6 Å². The number of hydrogen-bond acceptors (Lipinski definition) is 3. The average Bonchev–Trinajstić information content (AvgIpc) is 2.29. The maximum absolute atomic E-state index is 11.3. The molecule has 0 aliphatic rings. The maximum Gasteiger partial charge on any atom is 0.221 e. The van der Waals surface area contributed by atoms with Crippen molar-refractivity contribution in [2.75, 3.05) is 18.4 Å². The molecular formula is C12H19N3O. The second-order valence-electron chi connectivity index (χ2n) is 3.70. The zero-order chi connectivity index (χ0) is 11.8. The summed E-state index contributed by atoms with van der Waals surface area (Å²) < 4.78 is 0. The highest BCUT2D eigenvalue weighted by Gasteiger charge is 2.01. The molecule has 1 heterocycles. The summed E-state index contributed by atoms with van der Waals surface area (Å²) >= 11 is 0. The molecule has 0 aliphatic heterocycles. The van der Waals surface area contributed by atoms with E-state index in [2.05, 4.69) is 15.6 Å². The quantitative estimate of drug-likeness (QED) is 0.769. The van der Waals surface area contributed by atoms with E-state index in [0.29, 0.717) is 13.0 Å². The molecule has 4 heteroatoms. The van der Waals surface area contributed by atoms with E-state index in [1.54, 1.807) is 6.20 Å². The van der Waals surface area contributed by atoms with Crippen molar-refractivity contribution in [1.82, 2.24) is 10.3 Å². The molecule has 1 rings (SSSR count). The number of nitrogens with one attached hydrogen (secondary N) is 2. The van der Waals surface area contributed by atoms with Crippen LogP contribution in [0, 0.1) is 6.92 Å². The standard InChI is InChI=1S/C12H19N3O/c1-3-7-13-11(16)6-9-15-12-10(2)5-4-8-14-12/h4-5,8H,3,6-7,9H2,1-2H3,(H,13,16)(H,14,15). The Hall–Kier alpha value is -1.58. The zero-order valence-electron chi connectivity index (χ0n) is 9.92. The Labute approximate surface area is 96.5 Å². The number of anilines is 1. The molecule has 0 radical (unpaired) electrons. The first-order valence-corrected chi connectivity index (χ1v) is 5.66. The van der Waals surface area contributed by atoms with Gasteiger partial charge < -0.3 is 10.6 Å². The largest absolute Gasteiger partial charge is 0.369 e. The number of nitrogens with zero attached hydrogens (tertiary/aromatic N) is 1. The summed E-state index contributed by atoms with van der Waals surface area (Å²) in [6, 6.07) is 3.89. The summed E-state index contributed by atoms with van der Waals surface area (Å²) in [6.45, 7) is 5.40. The number of amides is 1. The minimum Gasteiger partial charge on any atom is -0.369 e. The first-order chi connectivity index (χ1) is 7.74. The Bertz CT molecular complexity index is 339. The highest BCUT2D eigenvalue weighted by atomic mass is 16.1. The highest BCUT2D eigenvalue weighted by Crippen LogP contribution is 2.08. The monoisotopic (exact) mass is 221 g/mol. The minimum atomic E-state index is 0.0861. The van der Waals surface area contributed by atoms with Crippen molar-refractivity contribution in [2.45, 2.75) is 26.7 Å². The second-order valence-corrected chi connectivity index (χ2v) is 3.70. The van der Waals surface area contributed by atoms with Gasteiger partial charge >= 0.3 is 0 Å². The van der Waals surface area contributed by atoms with Gasteiger partial charge in [0.25, 0.3) is 0 Å². The van der Waals surface area contributed by atoms with Crippen LogP contribution >= 0.6 is 0 Å². The van der Waals surface area contributed by atoms with E-state index < -0.39 is 0 Å². The molecule has 1 aromatic rings. The van der Waals surface area contributed by atoms with Crippen molar-refractivity contribution in [3.05, 3.63) is 23.9 Å². The molecule has 4 nitrogen and oxygen atoms in total. The number of aromatic nitrogens is 1. The molecule has 0 aliphatic carbocycles. The predicted octanol–water partition coefficient (Wildman–Crippen LogP) is 1.72. The number of rotatable bonds is 6. The van der Waals surface area contributed by atoms with Crippen molar-refractivity contribution in [2.24, 2.45) is 0 Å². The number of aryl methyl sites for hydroxylation is 1. The Morgan fingerprint density at radius 1 is 1.44 bits per heavy atom. The first-order valence-electron chi connectivity index (χ1n) is 5.66. The van der Waals surface area contributed by atoms with Crippen molar-refractivity contribution < 1.29 is 4.79 Å². The Kier molecular flexibility index (Phi) is 5.32. The van der Waals surface area contributed by atoms with Gasteiger partial charge in [0, 0.05) is 25.7 Å². The third-order valence-electron chi connectivity index (χ3n) is 2.23. The zero-order valence-corrected chi connectivity index (χ0v) is 9.92. The third-order valence-corrected chi connectivity index (χ3v) is 2.23. The SMILES string of the molecule is CCCNC(=O)CCNc1ncccc1C. The number of hydrogen-bond donors (Lipinski definition) is 2. The van der Waals surface area contributed by atoms with Crippen LogP contribution in [0.2, 0.25) is 0 Å². The molecule has 0 unspecified atom stereocenters. The van der Waals surface area contributed by atoms with Crippen LogP contribution in [0.25, 0.3) is 0 Å². The van der Waals surface area contributed by atoms with Gasteiger partial charge in [0.05, 0.1) is 0 Å². The summed E-state index contributed by atoms with van der Waals surface area (Å²) in [7, 11) is 0. The van der Waals surface area contributed by atoms with E-state index in [1.165, 1.54) is 0 Å². The fraction of sp³-hybridized carbons (Fsp3) is 0.500. The molecule has 0 fully saturated rings. The van der Waals surface area contributed by atoms with Crippen molar-refractivity contribution in [3.8, 4) is 0 Å². The fourth-order valence-corrected chi connectivity index (χ4v) is 1.32. The summed E-state index contributed by atoms with van der Waals surface area (Å²) in [5.41, 5.74) is 1.09. The molecule has 0 saturated carbocycles. The summed E-state index contributed by atoms with van der Waals surface area (Å²) in [6.07, 6.45) is 3.20. The average molecular weight is 221 g/mol. The fourth-order valence-electron chi connectivity index (χ4n) is 1.32. The summed E-state index contributed by atoms with van der Waals surface area (Å²) in [4.78, 5) is 15.5. The lowest BCUT2D eigenvalue weighted by Crippen LogP contribution is -2.26. The van der Waals surface area contributed by atoms with Gasteiger partial charge in [-0.2, -0.15) is 0 Å². The lowest BCUT2D eigenvalue weighted by molar-refractivity contribution is -0.120. The topological polar surface area (TPSA) is 54.0 Å². The molecule has 2 N–H and O–H groups in total. The minimum absolute atomic E-state index is 0.0861. The molecule has 1 aromatic heterocycles. The van der Waals surface area contributed by atoms with E-state index in [9.17, 15) is 4.79 Å². The number of carbonyl (C=O) groups is 1. The van der Waals surface area contributed by atoms with Gasteiger partial charge in [0.1, 0.15) is 5.82 Å². The molecule has 0 saturated heterocycles. The van der Waals surface area contributed by atoms with E-state index in [0.717, 1.165) is 24.3 Å². The van der Waals surface area contributed by atoms with Gasteiger partial charge in [-0.3, -0.25) is 4.79 Å². The highest BCUT2D eigenvalue weighted by molar-refractivity contribution is 5.76. The van der Waals surface area contributed by atoms with Gasteiger partial charge in [-0.25, -0.2) is 4.98 Å². The Balaban J connectivity index is 2.25. The van der Waals surface area contributed by atoms with Crippen LogP contribution in [0.15, 0.2) is 18.3 Å². The Morgan fingerprint density at radius 3 is 2.94 bits per heavy atom. The second kappa shape index (κ2) is 6.82. The van der Waals surface area contributed by atoms with Crippen LogP contribution in [0.4, 0.5) is 5.82 Å². The van der Waals surface area contributed by atoms with Crippen LogP contribution in [0.5, 0.6) is 0 Å². The lowest BCUT2D eigenvalue weighted by Gasteiger charge is -2.07. The van der Waals surface area contributed by atoms with Gasteiger partial charge in [0.15, 0.2) is 0 Å². The molecular weight excluding hydrogens is 202 g/mol. The summed E-state index contributed by atoms with van der Waals surface area (Å²) in [5, 5.41) is 5.98. The van der Waals surface area contributed by atoms with Crippen LogP contribution in [-0.4, -0.2) is 24.0 Å². The van der Waals surface area contributed by atoms with Gasteiger partial charge in [-0.15, -0.1) is 0 Å². The van der Waals surface area contributed by atoms with Crippen LogP contribution in [0.3, 0.4) is 0 Å². The van der Waals surface area contributed by atoms with Crippen LogP contribution in [0.1, 0.15) is 25.3 Å². The van der Waals surface area contributed by atoms with E-state index in [4.69, 9.17) is 0 Å². The molecule has 0 aromatic carbocycles. The van der Waals surface area contributed by atoms with Gasteiger partial charge in [-0.1, -0.05) is 13.0 Å². The normalized spacial score (nSPS) is 9.88. The van der Waals surface area contributed by atoms with Crippen LogP contribution in [-0.2, 0) is 4.79 Å². The molecule has 0 bridgehead atoms. The molecule has 16 heavy (non-hydrogen) atoms. The van der Waals surface area contributed by atoms with E-state index in [1.807, 2.05) is 26.0 Å². The lowest BCUT2D eigenvalue weighted by atomic mass is 10.3. The van der Waals surface area contributed by atoms with E-state index >= 15 is 0 Å². The first kappa shape index (κ1) is 12.5. The molecule has 1 amide bonds. The predicted molar refractivity (Wildman–Crippen MR) is 65.4 cm³/mol. The molecule has 0 atom stereocenters. The van der Waals surface area contributed by atoms with E-state index in [-0.39, 0.29) is 5.91 Å². The van der Waals surface area contributed by atoms with Gasteiger partial charge in [-0.05, 0) is 25.0 Å². The smallest absolute Gasteiger partial charge is 0.221 e. The van der Waals surface area contributed by atoms with Gasteiger partial charge in [0.2, 0.25) is 5.91 Å². The number of pyridine rings is 1. The Morgan fingerprint density at radius 2 is 2.25 bits per heavy atom. The maximum atomic E-state index is 11.3. The van der Waals surface area contributed by atoms with Crippen molar-refractivity contribution in [3.63, 3.8) is 0 Å². The van der Waals surface area contributed by atoms with Crippen molar-refractivity contribution >= 4 is 11.7 Å². The molecule has 88 valence electrons. The third kappa shape index (κ3) is 4.29.